The average Bonchev–Trinajstić information content (AvgIpc) is 2.25. The largest absolute Gasteiger partial charge is 0.508 e. The van der Waals surface area contributed by atoms with Gasteiger partial charge in [-0.25, -0.2) is 0 Å². The second kappa shape index (κ2) is 5.89. The summed E-state index contributed by atoms with van der Waals surface area (Å²) in [4.78, 5) is 23.4. The van der Waals surface area contributed by atoms with Crippen molar-refractivity contribution >= 4 is 11.9 Å². The smallest absolute Gasteiger partial charge is 0.305 e. The number of aromatic hydroxyl groups is 1. The summed E-state index contributed by atoms with van der Waals surface area (Å²) in [6.45, 7) is 0.187. The third-order valence-electron chi connectivity index (χ3n) is 2.35. The number of amides is 1. The van der Waals surface area contributed by atoms with Crippen LogP contribution in [-0.2, 0) is 16.0 Å². The molecule has 0 heterocycles. The number of phenolic OH excluding ortho intramolecular Hbond substituents is 1. The Morgan fingerprint density at radius 1 is 1.35 bits per heavy atom. The number of benzene rings is 1. The number of hydrogen-bond donors (Lipinski definition) is 2. The minimum Gasteiger partial charge on any atom is -0.508 e. The van der Waals surface area contributed by atoms with Gasteiger partial charge in [0.15, 0.2) is 0 Å². The van der Waals surface area contributed by atoms with E-state index in [0.717, 1.165) is 0 Å². The summed E-state index contributed by atoms with van der Waals surface area (Å²) in [5.74, 6) is -0.984. The maximum atomic E-state index is 11.7. The first-order valence-electron chi connectivity index (χ1n) is 5.22. The molecule has 0 atom stereocenters. The number of phenols is 1. The molecular weight excluding hydrogens is 222 g/mol. The van der Waals surface area contributed by atoms with E-state index in [1.54, 1.807) is 19.2 Å². The first-order valence-corrected chi connectivity index (χ1v) is 5.22. The summed E-state index contributed by atoms with van der Waals surface area (Å²) in [6.07, 6.45) is 0.0901. The normalized spacial score (nSPS) is 9.94. The Labute approximate surface area is 99.3 Å². The lowest BCUT2D eigenvalue weighted by Gasteiger charge is -2.15. The third-order valence-corrected chi connectivity index (χ3v) is 2.35. The van der Waals surface area contributed by atoms with Crippen molar-refractivity contribution in [3.63, 3.8) is 0 Å². The lowest BCUT2D eigenvalue weighted by Crippen LogP contribution is -2.30. The highest BCUT2D eigenvalue weighted by Crippen LogP contribution is 2.12. The van der Waals surface area contributed by atoms with Crippen LogP contribution in [0.15, 0.2) is 24.3 Å². The molecule has 17 heavy (non-hydrogen) atoms. The molecule has 0 bridgehead atoms. The molecule has 1 rings (SSSR count). The zero-order chi connectivity index (χ0) is 12.8. The van der Waals surface area contributed by atoms with Crippen molar-refractivity contribution in [1.82, 2.24) is 4.90 Å². The zero-order valence-electron chi connectivity index (χ0n) is 9.59. The van der Waals surface area contributed by atoms with E-state index in [1.807, 2.05) is 0 Å². The van der Waals surface area contributed by atoms with Crippen molar-refractivity contribution in [3.8, 4) is 5.75 Å². The van der Waals surface area contributed by atoms with Crippen LogP contribution in [0.2, 0.25) is 0 Å². The van der Waals surface area contributed by atoms with Gasteiger partial charge in [0.25, 0.3) is 0 Å². The molecular formula is C12H15NO4. The molecule has 0 saturated carbocycles. The number of likely N-dealkylation sites (N-methyl/N-ethyl adjacent to an activating group) is 1. The Morgan fingerprint density at radius 3 is 2.65 bits per heavy atom. The van der Waals surface area contributed by atoms with E-state index in [0.29, 0.717) is 5.56 Å². The number of carboxylic acid groups (broad SMARTS) is 1. The van der Waals surface area contributed by atoms with E-state index >= 15 is 0 Å². The zero-order valence-corrected chi connectivity index (χ0v) is 9.59. The van der Waals surface area contributed by atoms with Crippen LogP contribution < -0.4 is 0 Å². The molecule has 92 valence electrons. The predicted molar refractivity (Wildman–Crippen MR) is 61.7 cm³/mol. The Morgan fingerprint density at radius 2 is 2.06 bits per heavy atom. The molecule has 0 saturated heterocycles. The molecule has 2 N–H and O–H groups in total. The van der Waals surface area contributed by atoms with E-state index in [2.05, 4.69) is 0 Å². The third kappa shape index (κ3) is 4.55. The summed E-state index contributed by atoms with van der Waals surface area (Å²) in [6, 6.07) is 6.45. The average molecular weight is 237 g/mol. The van der Waals surface area contributed by atoms with Crippen LogP contribution in [-0.4, -0.2) is 40.6 Å². The fourth-order valence-corrected chi connectivity index (χ4v) is 1.36. The Bertz CT molecular complexity index is 417. The summed E-state index contributed by atoms with van der Waals surface area (Å²) in [7, 11) is 1.56. The minimum absolute atomic E-state index is 0.0672. The van der Waals surface area contributed by atoms with Crippen LogP contribution in [0.25, 0.3) is 0 Å². The minimum atomic E-state index is -0.929. The van der Waals surface area contributed by atoms with Gasteiger partial charge in [0.1, 0.15) is 5.75 Å². The molecule has 0 aliphatic carbocycles. The number of carbonyl (C=O) groups excluding carboxylic acids is 1. The SMILES string of the molecule is CN(CCC(=O)O)C(=O)Cc1cccc(O)c1. The molecule has 1 aromatic rings. The molecule has 1 amide bonds. The van der Waals surface area contributed by atoms with Crippen LogP contribution in [0.5, 0.6) is 5.75 Å². The lowest BCUT2D eigenvalue weighted by atomic mass is 10.1. The van der Waals surface area contributed by atoms with Crippen molar-refractivity contribution in [2.75, 3.05) is 13.6 Å². The van der Waals surface area contributed by atoms with Gasteiger partial charge in [-0.3, -0.25) is 9.59 Å². The van der Waals surface area contributed by atoms with Gasteiger partial charge in [0.2, 0.25) is 5.91 Å². The number of aliphatic carboxylic acids is 1. The summed E-state index contributed by atoms with van der Waals surface area (Å²) < 4.78 is 0. The maximum absolute atomic E-state index is 11.7. The molecule has 0 spiro atoms. The highest BCUT2D eigenvalue weighted by atomic mass is 16.4. The number of carbonyl (C=O) groups is 2. The topological polar surface area (TPSA) is 77.8 Å². The number of rotatable bonds is 5. The predicted octanol–water partition coefficient (Wildman–Crippen LogP) is 0.868. The molecule has 0 aliphatic heterocycles. The first kappa shape index (κ1) is 13.0. The van der Waals surface area contributed by atoms with Gasteiger partial charge < -0.3 is 15.1 Å². The fraction of sp³-hybridized carbons (Fsp3) is 0.333. The summed E-state index contributed by atoms with van der Waals surface area (Å²) in [5.41, 5.74) is 0.706. The number of nitrogens with zero attached hydrogens (tertiary/aromatic N) is 1. The summed E-state index contributed by atoms with van der Waals surface area (Å²) in [5, 5.41) is 17.7. The van der Waals surface area contributed by atoms with Crippen LogP contribution in [0.1, 0.15) is 12.0 Å². The van der Waals surface area contributed by atoms with Gasteiger partial charge in [-0.1, -0.05) is 12.1 Å². The monoisotopic (exact) mass is 237 g/mol. The standard InChI is InChI=1S/C12H15NO4/c1-13(6-5-12(16)17)11(15)8-9-3-2-4-10(14)7-9/h2-4,7,14H,5-6,8H2,1H3,(H,16,17). The first-order chi connectivity index (χ1) is 7.99. The van der Waals surface area contributed by atoms with Gasteiger partial charge in [-0.05, 0) is 17.7 Å². The highest BCUT2D eigenvalue weighted by molar-refractivity contribution is 5.79. The second-order valence-electron chi connectivity index (χ2n) is 3.81. The van der Waals surface area contributed by atoms with E-state index in [-0.39, 0.29) is 31.0 Å². The number of hydrogen-bond acceptors (Lipinski definition) is 3. The molecule has 0 aromatic heterocycles. The van der Waals surface area contributed by atoms with E-state index < -0.39 is 5.97 Å². The van der Waals surface area contributed by atoms with Gasteiger partial charge in [-0.2, -0.15) is 0 Å². The van der Waals surface area contributed by atoms with Crippen molar-refractivity contribution in [2.45, 2.75) is 12.8 Å². The van der Waals surface area contributed by atoms with Gasteiger partial charge in [0, 0.05) is 13.6 Å². The Kier molecular flexibility index (Phi) is 4.51. The molecule has 0 aliphatic rings. The Balaban J connectivity index is 2.51. The van der Waals surface area contributed by atoms with Gasteiger partial charge in [0.05, 0.1) is 12.8 Å². The second-order valence-corrected chi connectivity index (χ2v) is 3.81. The summed E-state index contributed by atoms with van der Waals surface area (Å²) >= 11 is 0. The molecule has 0 fully saturated rings. The highest BCUT2D eigenvalue weighted by Gasteiger charge is 2.11. The van der Waals surface area contributed by atoms with Crippen LogP contribution in [0, 0.1) is 0 Å². The number of carboxylic acids is 1. The maximum Gasteiger partial charge on any atom is 0.305 e. The van der Waals surface area contributed by atoms with Crippen molar-refractivity contribution < 1.29 is 19.8 Å². The molecule has 0 radical (unpaired) electrons. The van der Waals surface area contributed by atoms with E-state index in [1.165, 1.54) is 17.0 Å². The van der Waals surface area contributed by atoms with Crippen molar-refractivity contribution in [1.29, 1.82) is 0 Å². The molecule has 0 unspecified atom stereocenters. The molecule has 1 aromatic carbocycles. The quantitative estimate of drug-likeness (QED) is 0.796. The van der Waals surface area contributed by atoms with E-state index in [4.69, 9.17) is 5.11 Å². The van der Waals surface area contributed by atoms with Crippen LogP contribution in [0.3, 0.4) is 0 Å². The molecule has 5 heteroatoms. The molecule has 5 nitrogen and oxygen atoms in total. The lowest BCUT2D eigenvalue weighted by molar-refractivity contribution is -0.138. The van der Waals surface area contributed by atoms with Crippen molar-refractivity contribution in [2.24, 2.45) is 0 Å². The van der Waals surface area contributed by atoms with Crippen molar-refractivity contribution in [3.05, 3.63) is 29.8 Å². The Hall–Kier alpha value is -2.04. The van der Waals surface area contributed by atoms with Gasteiger partial charge in [-0.15, -0.1) is 0 Å². The van der Waals surface area contributed by atoms with Crippen LogP contribution in [0.4, 0.5) is 0 Å². The van der Waals surface area contributed by atoms with Gasteiger partial charge >= 0.3 is 5.97 Å². The van der Waals surface area contributed by atoms with Crippen LogP contribution >= 0.6 is 0 Å². The fourth-order valence-electron chi connectivity index (χ4n) is 1.36. The van der Waals surface area contributed by atoms with E-state index in [9.17, 15) is 14.7 Å².